The zero-order chi connectivity index (χ0) is 36.7. The Morgan fingerprint density at radius 2 is 1.00 bits per heavy atom. The molecule has 1 aliphatic heterocycles. The van der Waals surface area contributed by atoms with Gasteiger partial charge in [0.2, 0.25) is 0 Å². The number of nitrogens with one attached hydrogen (secondary N) is 1. The van der Waals surface area contributed by atoms with Gasteiger partial charge in [0.05, 0.1) is 11.1 Å². The second-order valence-corrected chi connectivity index (χ2v) is 16.4. The van der Waals surface area contributed by atoms with Crippen LogP contribution in [0.1, 0.15) is 47.2 Å². The van der Waals surface area contributed by atoms with Crippen molar-refractivity contribution in [1.82, 2.24) is 4.98 Å². The van der Waals surface area contributed by atoms with E-state index in [2.05, 4.69) is 212 Å². The molecule has 0 saturated carbocycles. The molecule has 1 aromatic heterocycles. The summed E-state index contributed by atoms with van der Waals surface area (Å²) in [5, 5.41) is 2.51. The summed E-state index contributed by atoms with van der Waals surface area (Å²) < 4.78 is 0. The molecule has 0 saturated heterocycles. The molecule has 0 fully saturated rings. The molecule has 1 aliphatic carbocycles. The number of hydrogen-bond donors (Lipinski definition) is 1. The van der Waals surface area contributed by atoms with Gasteiger partial charge in [0.25, 0.3) is 0 Å². The van der Waals surface area contributed by atoms with Crippen LogP contribution in [0.15, 0.2) is 198 Å². The predicted molar refractivity (Wildman–Crippen MR) is 230 cm³/mol. The van der Waals surface area contributed by atoms with Crippen LogP contribution in [-0.2, 0) is 10.8 Å². The van der Waals surface area contributed by atoms with Gasteiger partial charge >= 0.3 is 0 Å². The second kappa shape index (κ2) is 12.1. The minimum absolute atomic E-state index is 0.146. The zero-order valence-corrected chi connectivity index (χ0v) is 31.6. The number of anilines is 3. The van der Waals surface area contributed by atoms with E-state index in [0.29, 0.717) is 0 Å². The highest BCUT2D eigenvalue weighted by Crippen LogP contribution is 2.63. The number of rotatable bonds is 4. The van der Waals surface area contributed by atoms with Gasteiger partial charge in [0.1, 0.15) is 0 Å². The molecule has 0 atom stereocenters. The van der Waals surface area contributed by atoms with Crippen molar-refractivity contribution in [1.29, 1.82) is 0 Å². The second-order valence-electron chi connectivity index (χ2n) is 15.4. The van der Waals surface area contributed by atoms with Gasteiger partial charge in [0.15, 0.2) is 0 Å². The molecule has 9 aromatic rings. The summed E-state index contributed by atoms with van der Waals surface area (Å²) in [6, 6.07) is 69.7. The van der Waals surface area contributed by atoms with Crippen molar-refractivity contribution >= 4 is 50.6 Å². The normalized spacial score (nSPS) is 14.6. The van der Waals surface area contributed by atoms with E-state index >= 15 is 0 Å². The Labute approximate surface area is 326 Å². The van der Waals surface area contributed by atoms with E-state index in [1.165, 1.54) is 76.3 Å². The lowest BCUT2D eigenvalue weighted by molar-refractivity contribution is 0.549. The van der Waals surface area contributed by atoms with Crippen molar-refractivity contribution in [2.24, 2.45) is 0 Å². The topological polar surface area (TPSA) is 19.0 Å². The van der Waals surface area contributed by atoms with Gasteiger partial charge in [0, 0.05) is 48.4 Å². The number of hydrogen-bond acceptors (Lipinski definition) is 2. The Hall–Kier alpha value is -6.29. The average molecular weight is 723 g/mol. The molecule has 0 radical (unpaired) electrons. The molecule has 1 N–H and O–H groups in total. The lowest BCUT2D eigenvalue weighted by Crippen LogP contribution is -2.43. The summed E-state index contributed by atoms with van der Waals surface area (Å²) in [5.74, 6) is 0. The summed E-state index contributed by atoms with van der Waals surface area (Å²) in [6.45, 7) is 4.77. The van der Waals surface area contributed by atoms with Gasteiger partial charge in [-0.15, -0.1) is 0 Å². The number of para-hydroxylation sites is 2. The summed E-state index contributed by atoms with van der Waals surface area (Å²) in [7, 11) is 0. The maximum atomic E-state index is 3.63. The molecule has 3 heteroatoms. The quantitative estimate of drug-likeness (QED) is 0.195. The first-order valence-electron chi connectivity index (χ1n) is 19.1. The van der Waals surface area contributed by atoms with Crippen molar-refractivity contribution in [3.8, 4) is 11.1 Å². The summed E-state index contributed by atoms with van der Waals surface area (Å²) in [5.41, 5.74) is 15.7. The average Bonchev–Trinajstić information content (AvgIpc) is 3.61. The molecule has 1 spiro atoms. The molecular weight excluding hydrogens is 685 g/mol. The molecule has 0 bridgehead atoms. The smallest absolute Gasteiger partial charge is 0.0730 e. The van der Waals surface area contributed by atoms with Crippen LogP contribution in [0.25, 0.3) is 32.9 Å². The van der Waals surface area contributed by atoms with Gasteiger partial charge in [-0.05, 0) is 93.0 Å². The van der Waals surface area contributed by atoms with Crippen LogP contribution in [-0.4, -0.2) is 4.98 Å². The van der Waals surface area contributed by atoms with E-state index in [1.54, 1.807) is 0 Å². The van der Waals surface area contributed by atoms with Gasteiger partial charge < -0.3 is 9.88 Å². The number of H-pyrrole nitrogens is 1. The van der Waals surface area contributed by atoms with Gasteiger partial charge in [-0.2, -0.15) is 0 Å². The number of aromatic nitrogens is 1. The number of aromatic amines is 1. The van der Waals surface area contributed by atoms with E-state index < -0.39 is 5.41 Å². The van der Waals surface area contributed by atoms with Crippen LogP contribution >= 0.6 is 11.8 Å². The molecule has 0 unspecified atom stereocenters. The fourth-order valence-electron chi connectivity index (χ4n) is 9.65. The molecule has 11 rings (SSSR count). The van der Waals surface area contributed by atoms with Crippen LogP contribution in [0.3, 0.4) is 0 Å². The Kier molecular flexibility index (Phi) is 7.08. The molecule has 2 aliphatic rings. The number of nitrogens with zero attached hydrogens (tertiary/aromatic N) is 1. The lowest BCUT2D eigenvalue weighted by atomic mass is 9.54. The van der Waals surface area contributed by atoms with Crippen molar-refractivity contribution in [2.45, 2.75) is 34.5 Å². The van der Waals surface area contributed by atoms with Crippen LogP contribution in [0.2, 0.25) is 0 Å². The Balaban J connectivity index is 1.12. The highest BCUT2D eigenvalue weighted by molar-refractivity contribution is 7.99. The fraction of sp³-hybridized carbons (Fsp3) is 0.0769. The summed E-state index contributed by atoms with van der Waals surface area (Å²) in [6.07, 6.45) is 0. The van der Waals surface area contributed by atoms with Gasteiger partial charge in [-0.3, -0.25) is 0 Å². The van der Waals surface area contributed by atoms with Crippen LogP contribution in [0.5, 0.6) is 0 Å². The van der Waals surface area contributed by atoms with E-state index in [9.17, 15) is 0 Å². The minimum atomic E-state index is -0.483. The maximum Gasteiger partial charge on any atom is 0.0730 e. The summed E-state index contributed by atoms with van der Waals surface area (Å²) >= 11 is 1.90. The number of fused-ring (bicyclic) bond motifs is 11. The van der Waals surface area contributed by atoms with Crippen molar-refractivity contribution in [3.05, 3.63) is 221 Å². The predicted octanol–water partition coefficient (Wildman–Crippen LogP) is 13.9. The van der Waals surface area contributed by atoms with E-state index in [-0.39, 0.29) is 5.41 Å². The first-order chi connectivity index (χ1) is 27.0. The third-order valence-corrected chi connectivity index (χ3v) is 13.3. The first-order valence-corrected chi connectivity index (χ1v) is 19.9. The number of benzene rings is 8. The highest BCUT2D eigenvalue weighted by Gasteiger charge is 2.52. The first kappa shape index (κ1) is 32.2. The molecule has 55 heavy (non-hydrogen) atoms. The Morgan fingerprint density at radius 1 is 0.436 bits per heavy atom. The minimum Gasteiger partial charge on any atom is -0.354 e. The molecule has 0 amide bonds. The van der Waals surface area contributed by atoms with Crippen molar-refractivity contribution < 1.29 is 0 Å². The lowest BCUT2D eigenvalue weighted by Gasteiger charge is -2.50. The largest absolute Gasteiger partial charge is 0.354 e. The van der Waals surface area contributed by atoms with E-state index in [0.717, 1.165) is 16.9 Å². The molecule has 8 aromatic carbocycles. The maximum absolute atomic E-state index is 3.63. The highest BCUT2D eigenvalue weighted by atomic mass is 32.2. The van der Waals surface area contributed by atoms with E-state index in [1.807, 2.05) is 11.8 Å². The molecule has 2 nitrogen and oxygen atoms in total. The van der Waals surface area contributed by atoms with E-state index in [4.69, 9.17) is 0 Å². The molecule has 262 valence electrons. The van der Waals surface area contributed by atoms with Crippen LogP contribution in [0.4, 0.5) is 17.1 Å². The van der Waals surface area contributed by atoms with Crippen molar-refractivity contribution in [3.63, 3.8) is 0 Å². The third kappa shape index (κ3) is 4.63. The summed E-state index contributed by atoms with van der Waals surface area (Å²) in [4.78, 5) is 8.65. The van der Waals surface area contributed by atoms with Gasteiger partial charge in [-0.1, -0.05) is 165 Å². The fourth-order valence-corrected chi connectivity index (χ4v) is 10.9. The standard InChI is InChI=1S/C52H38N2S/c1-51(2)40-18-7-9-20-42(40)52(43-21-10-8-19-41(43)51)44-22-11-13-26-49(44)55-50-45(52)23-14-25-48(50)54(36-15-4-3-5-16-36)37-30-27-34(28-31-37)35-29-32-39-38-17-6-12-24-46(38)53-47(39)33-35/h3-33,53H,1-2H3. The molecule has 2 heterocycles. The van der Waals surface area contributed by atoms with Crippen LogP contribution < -0.4 is 4.90 Å². The Bertz CT molecular complexity index is 2890. The van der Waals surface area contributed by atoms with Gasteiger partial charge in [-0.25, -0.2) is 0 Å². The Morgan fingerprint density at radius 3 is 1.75 bits per heavy atom. The SMILES string of the molecule is CC1(C)c2ccccc2C2(c3ccccc3Sc3c(N(c4ccccc4)c4ccc(-c5ccc6c(c5)[nH]c5ccccc56)cc4)cccc32)c2ccccc21. The third-order valence-electron chi connectivity index (χ3n) is 12.1. The van der Waals surface area contributed by atoms with Crippen molar-refractivity contribution in [2.75, 3.05) is 4.90 Å². The zero-order valence-electron chi connectivity index (χ0n) is 30.8. The molecular formula is C52H38N2S. The monoisotopic (exact) mass is 722 g/mol. The van der Waals surface area contributed by atoms with Crippen LogP contribution in [0, 0.1) is 0 Å².